The molecule has 0 fully saturated rings. The zero-order chi connectivity index (χ0) is 17.3. The monoisotopic (exact) mass is 324 g/mol. The molecule has 3 rings (SSSR count). The number of benzene rings is 1. The molecular weight excluding hydrogens is 308 g/mol. The van der Waals surface area contributed by atoms with Gasteiger partial charge in [0.2, 0.25) is 0 Å². The summed E-state index contributed by atoms with van der Waals surface area (Å²) in [6, 6.07) is 1.58. The molecule has 0 unspecified atom stereocenters. The van der Waals surface area contributed by atoms with Crippen LogP contribution in [0.1, 0.15) is 15.9 Å². The van der Waals surface area contributed by atoms with Gasteiger partial charge in [0.05, 0.1) is 42.7 Å². The molecular formula is C17H16N4O3. The largest absolute Gasteiger partial charge is 0.495 e. The van der Waals surface area contributed by atoms with E-state index in [2.05, 4.69) is 15.0 Å². The van der Waals surface area contributed by atoms with Gasteiger partial charge in [0.15, 0.2) is 0 Å². The summed E-state index contributed by atoms with van der Waals surface area (Å²) in [6.45, 7) is 1.89. The molecule has 7 heteroatoms. The van der Waals surface area contributed by atoms with E-state index in [4.69, 9.17) is 15.2 Å². The minimum Gasteiger partial charge on any atom is -0.495 e. The van der Waals surface area contributed by atoms with Crippen LogP contribution < -0.4 is 10.5 Å². The zero-order valence-corrected chi connectivity index (χ0v) is 13.5. The number of esters is 1. The van der Waals surface area contributed by atoms with Gasteiger partial charge in [-0.25, -0.2) is 4.79 Å². The van der Waals surface area contributed by atoms with Gasteiger partial charge in [0, 0.05) is 35.3 Å². The summed E-state index contributed by atoms with van der Waals surface area (Å²) in [5.41, 5.74) is 10.1. The van der Waals surface area contributed by atoms with E-state index < -0.39 is 5.97 Å². The van der Waals surface area contributed by atoms with Crippen molar-refractivity contribution in [3.05, 3.63) is 42.0 Å². The highest BCUT2D eigenvalue weighted by Gasteiger charge is 2.21. The van der Waals surface area contributed by atoms with Crippen molar-refractivity contribution in [2.75, 3.05) is 20.0 Å². The lowest BCUT2D eigenvalue weighted by Crippen LogP contribution is -2.08. The predicted octanol–water partition coefficient (Wildman–Crippen LogP) is 2.38. The molecule has 122 valence electrons. The summed E-state index contributed by atoms with van der Waals surface area (Å²) < 4.78 is 10.2. The van der Waals surface area contributed by atoms with Gasteiger partial charge in [-0.1, -0.05) is 0 Å². The third-order valence-corrected chi connectivity index (χ3v) is 3.87. The summed E-state index contributed by atoms with van der Waals surface area (Å²) in [4.78, 5) is 24.9. The molecule has 0 spiro atoms. The second-order valence-corrected chi connectivity index (χ2v) is 5.14. The van der Waals surface area contributed by atoms with Crippen LogP contribution in [-0.4, -0.2) is 35.1 Å². The van der Waals surface area contributed by atoms with E-state index >= 15 is 0 Å². The van der Waals surface area contributed by atoms with Crippen LogP contribution in [0.25, 0.3) is 22.2 Å². The Morgan fingerprint density at radius 3 is 2.62 bits per heavy atom. The first-order valence-electron chi connectivity index (χ1n) is 7.19. The maximum atomic E-state index is 12.1. The van der Waals surface area contributed by atoms with Crippen molar-refractivity contribution in [2.45, 2.75) is 6.92 Å². The van der Waals surface area contributed by atoms with Crippen molar-refractivity contribution in [1.82, 2.24) is 15.0 Å². The van der Waals surface area contributed by atoms with E-state index in [-0.39, 0.29) is 11.3 Å². The van der Waals surface area contributed by atoms with E-state index in [9.17, 15) is 4.79 Å². The first-order valence-corrected chi connectivity index (χ1v) is 7.19. The lowest BCUT2D eigenvalue weighted by molar-refractivity contribution is 0.0602. The third kappa shape index (κ3) is 2.40. The molecule has 7 nitrogen and oxygen atoms in total. The number of methoxy groups -OCH3 is 2. The van der Waals surface area contributed by atoms with Crippen molar-refractivity contribution in [1.29, 1.82) is 0 Å². The first kappa shape index (κ1) is 15.7. The van der Waals surface area contributed by atoms with Crippen LogP contribution in [-0.2, 0) is 4.74 Å². The fourth-order valence-corrected chi connectivity index (χ4v) is 2.64. The van der Waals surface area contributed by atoms with Crippen LogP contribution in [0, 0.1) is 6.92 Å². The van der Waals surface area contributed by atoms with E-state index in [0.29, 0.717) is 22.3 Å². The Morgan fingerprint density at radius 2 is 1.92 bits per heavy atom. The Hall–Kier alpha value is -3.22. The summed E-state index contributed by atoms with van der Waals surface area (Å²) in [5, 5.41) is 0. The number of pyridine rings is 1. The highest BCUT2D eigenvalue weighted by Crippen LogP contribution is 2.38. The Bertz CT molecular complexity index is 941. The first-order chi connectivity index (χ1) is 11.6. The molecule has 2 aromatic heterocycles. The lowest BCUT2D eigenvalue weighted by Gasteiger charge is -2.15. The Morgan fingerprint density at radius 1 is 1.17 bits per heavy atom. The van der Waals surface area contributed by atoms with Gasteiger partial charge in [-0.2, -0.15) is 0 Å². The van der Waals surface area contributed by atoms with Crippen LogP contribution in [0.3, 0.4) is 0 Å². The van der Waals surface area contributed by atoms with E-state index in [0.717, 1.165) is 11.1 Å². The number of fused-ring (bicyclic) bond motifs is 1. The number of hydrogen-bond acceptors (Lipinski definition) is 7. The number of aromatic nitrogens is 3. The van der Waals surface area contributed by atoms with E-state index in [1.165, 1.54) is 7.11 Å². The highest BCUT2D eigenvalue weighted by molar-refractivity contribution is 6.08. The van der Waals surface area contributed by atoms with E-state index in [1.54, 1.807) is 38.0 Å². The summed E-state index contributed by atoms with van der Waals surface area (Å²) in [5.74, 6) is 0.0854. The minimum atomic E-state index is -0.533. The fraction of sp³-hybridized carbons (Fsp3) is 0.176. The van der Waals surface area contributed by atoms with E-state index in [1.807, 2.05) is 6.92 Å². The number of nitrogen functional groups attached to an aromatic ring is 1. The SMILES string of the molecule is COC(=O)c1cc2nccnc2c(-c2cncc(OC)c2C)c1N. The molecule has 0 atom stereocenters. The number of nitrogens with two attached hydrogens (primary N) is 1. The Balaban J connectivity index is 2.42. The third-order valence-electron chi connectivity index (χ3n) is 3.87. The molecule has 2 heterocycles. The zero-order valence-electron chi connectivity index (χ0n) is 13.5. The van der Waals surface area contributed by atoms with Crippen molar-refractivity contribution in [3.63, 3.8) is 0 Å². The molecule has 0 saturated carbocycles. The maximum absolute atomic E-state index is 12.1. The second kappa shape index (κ2) is 6.11. The Labute approximate surface area is 138 Å². The quantitative estimate of drug-likeness (QED) is 0.583. The summed E-state index contributed by atoms with van der Waals surface area (Å²) in [7, 11) is 2.88. The van der Waals surface area contributed by atoms with Crippen molar-refractivity contribution in [3.8, 4) is 16.9 Å². The molecule has 0 aliphatic heterocycles. The molecule has 0 saturated heterocycles. The number of anilines is 1. The second-order valence-electron chi connectivity index (χ2n) is 5.14. The van der Waals surface area contributed by atoms with Gasteiger partial charge in [-0.15, -0.1) is 0 Å². The number of ether oxygens (including phenoxy) is 2. The van der Waals surface area contributed by atoms with Crippen molar-refractivity contribution < 1.29 is 14.3 Å². The molecule has 0 radical (unpaired) electrons. The van der Waals surface area contributed by atoms with Gasteiger partial charge in [-0.3, -0.25) is 15.0 Å². The van der Waals surface area contributed by atoms with Crippen LogP contribution >= 0.6 is 0 Å². The highest BCUT2D eigenvalue weighted by atomic mass is 16.5. The predicted molar refractivity (Wildman–Crippen MR) is 89.8 cm³/mol. The van der Waals surface area contributed by atoms with Gasteiger partial charge < -0.3 is 15.2 Å². The lowest BCUT2D eigenvalue weighted by atomic mass is 9.96. The Kier molecular flexibility index (Phi) is 3.99. The molecule has 24 heavy (non-hydrogen) atoms. The van der Waals surface area contributed by atoms with Crippen LogP contribution in [0.15, 0.2) is 30.9 Å². The number of rotatable bonds is 3. The smallest absolute Gasteiger partial charge is 0.340 e. The average Bonchev–Trinajstić information content (AvgIpc) is 2.61. The van der Waals surface area contributed by atoms with Crippen molar-refractivity contribution >= 4 is 22.7 Å². The number of carbonyl (C=O) groups excluding carboxylic acids is 1. The normalized spacial score (nSPS) is 10.6. The van der Waals surface area contributed by atoms with Gasteiger partial charge in [-0.05, 0) is 13.0 Å². The average molecular weight is 324 g/mol. The van der Waals surface area contributed by atoms with Gasteiger partial charge in [0.25, 0.3) is 0 Å². The molecule has 0 aliphatic rings. The molecule has 0 amide bonds. The fourth-order valence-electron chi connectivity index (χ4n) is 2.64. The summed E-state index contributed by atoms with van der Waals surface area (Å²) >= 11 is 0. The molecule has 2 N–H and O–H groups in total. The minimum absolute atomic E-state index is 0.239. The van der Waals surface area contributed by atoms with Gasteiger partial charge in [0.1, 0.15) is 5.75 Å². The number of hydrogen-bond donors (Lipinski definition) is 1. The topological polar surface area (TPSA) is 100 Å². The number of carbonyl (C=O) groups is 1. The standard InChI is InChI=1S/C17H16N4O3/c1-9-11(7-19-8-13(9)23-2)14-15(18)10(17(22)24-3)6-12-16(14)21-5-4-20-12/h4-8H,18H2,1-3H3. The van der Waals surface area contributed by atoms with Crippen molar-refractivity contribution in [2.24, 2.45) is 0 Å². The van der Waals surface area contributed by atoms with Crippen LogP contribution in [0.5, 0.6) is 5.75 Å². The molecule has 0 aliphatic carbocycles. The molecule has 1 aromatic carbocycles. The van der Waals surface area contributed by atoms with Crippen LogP contribution in [0.4, 0.5) is 5.69 Å². The number of nitrogens with zero attached hydrogens (tertiary/aromatic N) is 3. The van der Waals surface area contributed by atoms with Gasteiger partial charge >= 0.3 is 5.97 Å². The molecule has 3 aromatic rings. The maximum Gasteiger partial charge on any atom is 0.340 e. The molecule has 0 bridgehead atoms. The van der Waals surface area contributed by atoms with Crippen LogP contribution in [0.2, 0.25) is 0 Å². The summed E-state index contributed by atoms with van der Waals surface area (Å²) in [6.07, 6.45) is 6.41.